The molecule has 0 spiro atoms. The highest BCUT2D eigenvalue weighted by molar-refractivity contribution is 5.94. The second-order valence-electron chi connectivity index (χ2n) is 6.54. The van der Waals surface area contributed by atoms with Gasteiger partial charge in [0, 0.05) is 12.0 Å². The molecule has 0 radical (unpaired) electrons. The van der Waals surface area contributed by atoms with Crippen molar-refractivity contribution in [1.29, 1.82) is 0 Å². The zero-order chi connectivity index (χ0) is 20.0. The van der Waals surface area contributed by atoms with Crippen LogP contribution < -0.4 is 4.74 Å². The van der Waals surface area contributed by atoms with Crippen LogP contribution in [0.15, 0.2) is 105 Å². The lowest BCUT2D eigenvalue weighted by Crippen LogP contribution is -2.32. The molecule has 140 valence electrons. The molecule has 1 aliphatic rings. The van der Waals surface area contributed by atoms with Crippen LogP contribution in [0.4, 0.5) is 0 Å². The highest BCUT2D eigenvalue weighted by atomic mass is 16.5. The molecule has 0 saturated heterocycles. The standard InChI is InChI=1S/C22H18O2.C4H6/c1-2-13-22(17-6-4-3-5-7-17)14-12-20-19-10-9-18(23)15-16(19)8-11-21(20)24-22;1-3-4-2/h2-12,14-15,23H,1,13H2;3-4H,1-2H2. The van der Waals surface area contributed by atoms with Gasteiger partial charge < -0.3 is 9.84 Å². The van der Waals surface area contributed by atoms with Crippen molar-refractivity contribution in [3.8, 4) is 11.5 Å². The van der Waals surface area contributed by atoms with Crippen LogP contribution in [-0.4, -0.2) is 5.11 Å². The summed E-state index contributed by atoms with van der Waals surface area (Å²) in [5, 5.41) is 11.7. The first kappa shape index (κ1) is 19.2. The fourth-order valence-electron chi connectivity index (χ4n) is 3.35. The zero-order valence-electron chi connectivity index (χ0n) is 15.8. The third-order valence-electron chi connectivity index (χ3n) is 4.69. The fourth-order valence-corrected chi connectivity index (χ4v) is 3.35. The second-order valence-corrected chi connectivity index (χ2v) is 6.54. The van der Waals surface area contributed by atoms with E-state index in [1.165, 1.54) is 0 Å². The number of fused-ring (bicyclic) bond motifs is 3. The van der Waals surface area contributed by atoms with Crippen LogP contribution >= 0.6 is 0 Å². The molecule has 1 heterocycles. The molecule has 0 bridgehead atoms. The first-order valence-electron chi connectivity index (χ1n) is 9.17. The molecule has 1 atom stereocenters. The van der Waals surface area contributed by atoms with E-state index in [2.05, 4.69) is 44.0 Å². The summed E-state index contributed by atoms with van der Waals surface area (Å²) >= 11 is 0. The molecule has 4 rings (SSSR count). The molecule has 2 heteroatoms. The van der Waals surface area contributed by atoms with Gasteiger partial charge in [0.1, 0.15) is 11.5 Å². The molecule has 0 saturated carbocycles. The minimum absolute atomic E-state index is 0.272. The van der Waals surface area contributed by atoms with Crippen LogP contribution in [0.1, 0.15) is 17.5 Å². The monoisotopic (exact) mass is 368 g/mol. The van der Waals surface area contributed by atoms with Crippen LogP contribution in [0.25, 0.3) is 16.8 Å². The minimum Gasteiger partial charge on any atom is -0.508 e. The molecule has 0 aliphatic carbocycles. The molecular formula is C26H24O2. The van der Waals surface area contributed by atoms with E-state index >= 15 is 0 Å². The molecule has 0 aromatic heterocycles. The Bertz CT molecular complexity index is 1020. The molecule has 3 aromatic carbocycles. The Morgan fingerprint density at radius 3 is 2.36 bits per heavy atom. The van der Waals surface area contributed by atoms with Crippen LogP contribution in [0.3, 0.4) is 0 Å². The average molecular weight is 368 g/mol. The molecule has 1 aliphatic heterocycles. The highest BCUT2D eigenvalue weighted by Crippen LogP contribution is 2.42. The fraction of sp³-hybridized carbons (Fsp3) is 0.0769. The molecule has 28 heavy (non-hydrogen) atoms. The Morgan fingerprint density at radius 1 is 0.929 bits per heavy atom. The number of hydrogen-bond acceptors (Lipinski definition) is 2. The number of benzene rings is 3. The van der Waals surface area contributed by atoms with Crippen molar-refractivity contribution in [2.75, 3.05) is 0 Å². The van der Waals surface area contributed by atoms with Crippen LogP contribution in [0, 0.1) is 0 Å². The Labute approximate surface area is 166 Å². The average Bonchev–Trinajstić information content (AvgIpc) is 2.74. The van der Waals surface area contributed by atoms with Crippen molar-refractivity contribution in [2.45, 2.75) is 12.0 Å². The molecule has 0 fully saturated rings. The van der Waals surface area contributed by atoms with Crippen molar-refractivity contribution >= 4 is 16.8 Å². The van der Waals surface area contributed by atoms with Crippen molar-refractivity contribution < 1.29 is 9.84 Å². The van der Waals surface area contributed by atoms with E-state index in [1.807, 2.05) is 42.5 Å². The van der Waals surface area contributed by atoms with Gasteiger partial charge in [0.05, 0.1) is 0 Å². The molecule has 1 N–H and O–H groups in total. The smallest absolute Gasteiger partial charge is 0.156 e. The number of phenolic OH excluding ortho intramolecular Hbond substituents is 1. The third-order valence-corrected chi connectivity index (χ3v) is 4.69. The maximum absolute atomic E-state index is 9.68. The first-order chi connectivity index (χ1) is 13.6. The molecule has 2 nitrogen and oxygen atoms in total. The molecule has 0 amide bonds. The Kier molecular flexibility index (Phi) is 5.81. The zero-order valence-corrected chi connectivity index (χ0v) is 15.8. The Hall–Kier alpha value is -3.52. The lowest BCUT2D eigenvalue weighted by Gasteiger charge is -2.35. The lowest BCUT2D eigenvalue weighted by molar-refractivity contribution is 0.120. The van der Waals surface area contributed by atoms with Gasteiger partial charge in [-0.15, -0.1) is 6.58 Å². The Morgan fingerprint density at radius 2 is 1.68 bits per heavy atom. The highest BCUT2D eigenvalue weighted by Gasteiger charge is 2.33. The van der Waals surface area contributed by atoms with Crippen LogP contribution in [0.5, 0.6) is 11.5 Å². The second kappa shape index (κ2) is 8.45. The van der Waals surface area contributed by atoms with Gasteiger partial charge in [0.2, 0.25) is 0 Å². The first-order valence-corrected chi connectivity index (χ1v) is 9.17. The number of ether oxygens (including phenoxy) is 1. The van der Waals surface area contributed by atoms with E-state index in [0.717, 1.165) is 27.6 Å². The summed E-state index contributed by atoms with van der Waals surface area (Å²) in [4.78, 5) is 0. The van der Waals surface area contributed by atoms with Gasteiger partial charge in [-0.05, 0) is 46.7 Å². The number of aromatic hydroxyl groups is 1. The summed E-state index contributed by atoms with van der Waals surface area (Å²) in [6.07, 6.45) is 10.1. The normalized spacial score (nSPS) is 16.9. The van der Waals surface area contributed by atoms with Gasteiger partial charge in [-0.3, -0.25) is 0 Å². The maximum atomic E-state index is 9.68. The van der Waals surface area contributed by atoms with Gasteiger partial charge in [-0.2, -0.15) is 0 Å². The van der Waals surface area contributed by atoms with E-state index < -0.39 is 5.60 Å². The summed E-state index contributed by atoms with van der Waals surface area (Å²) in [5.41, 5.74) is 1.63. The van der Waals surface area contributed by atoms with Gasteiger partial charge in [-0.25, -0.2) is 0 Å². The summed E-state index contributed by atoms with van der Waals surface area (Å²) in [6, 6.07) is 19.6. The van der Waals surface area contributed by atoms with Crippen molar-refractivity contribution in [1.82, 2.24) is 0 Å². The summed E-state index contributed by atoms with van der Waals surface area (Å²) < 4.78 is 6.46. The number of rotatable bonds is 4. The van der Waals surface area contributed by atoms with E-state index in [1.54, 1.807) is 24.3 Å². The van der Waals surface area contributed by atoms with Crippen LogP contribution in [-0.2, 0) is 5.60 Å². The molecule has 3 aromatic rings. The topological polar surface area (TPSA) is 29.5 Å². The molecule has 1 unspecified atom stereocenters. The van der Waals surface area contributed by atoms with Gasteiger partial charge in [-0.1, -0.05) is 73.9 Å². The number of allylic oxidation sites excluding steroid dienone is 2. The van der Waals surface area contributed by atoms with E-state index in [0.29, 0.717) is 6.42 Å². The maximum Gasteiger partial charge on any atom is 0.156 e. The van der Waals surface area contributed by atoms with E-state index in [-0.39, 0.29) is 5.75 Å². The number of phenols is 1. The van der Waals surface area contributed by atoms with Gasteiger partial charge >= 0.3 is 0 Å². The van der Waals surface area contributed by atoms with Crippen molar-refractivity contribution in [2.24, 2.45) is 0 Å². The lowest BCUT2D eigenvalue weighted by atomic mass is 9.86. The minimum atomic E-state index is -0.527. The van der Waals surface area contributed by atoms with Crippen molar-refractivity contribution in [3.05, 3.63) is 116 Å². The molecular weight excluding hydrogens is 344 g/mol. The third kappa shape index (κ3) is 3.77. The van der Waals surface area contributed by atoms with Crippen molar-refractivity contribution in [3.63, 3.8) is 0 Å². The Balaban J connectivity index is 0.000000516. The van der Waals surface area contributed by atoms with Gasteiger partial charge in [0.15, 0.2) is 5.60 Å². The number of hydrogen-bond donors (Lipinski definition) is 1. The summed E-state index contributed by atoms with van der Waals surface area (Å²) in [5.74, 6) is 1.12. The van der Waals surface area contributed by atoms with Crippen LogP contribution in [0.2, 0.25) is 0 Å². The quantitative estimate of drug-likeness (QED) is 0.406. The van der Waals surface area contributed by atoms with Gasteiger partial charge in [0.25, 0.3) is 0 Å². The SMILES string of the molecule is C=CC=C.C=CCC1(c2ccccc2)C=Cc2c(ccc3cc(O)ccc23)O1. The summed E-state index contributed by atoms with van der Waals surface area (Å²) in [6.45, 7) is 10.6. The predicted octanol–water partition coefficient (Wildman–Crippen LogP) is 6.78. The van der Waals surface area contributed by atoms with E-state index in [9.17, 15) is 5.11 Å². The predicted molar refractivity (Wildman–Crippen MR) is 119 cm³/mol. The van der Waals surface area contributed by atoms with E-state index in [4.69, 9.17) is 4.74 Å². The largest absolute Gasteiger partial charge is 0.508 e. The summed E-state index contributed by atoms with van der Waals surface area (Å²) in [7, 11) is 0.